The zero-order valence-corrected chi connectivity index (χ0v) is 11.3. The predicted octanol–water partition coefficient (Wildman–Crippen LogP) is 3.53. The van der Waals surface area contributed by atoms with Crippen molar-refractivity contribution in [1.29, 1.82) is 0 Å². The van der Waals surface area contributed by atoms with Gasteiger partial charge in [-0.25, -0.2) is 4.98 Å². The molecular weight excluding hydrogens is 254 g/mol. The molecule has 19 heavy (non-hydrogen) atoms. The molecule has 1 aromatic heterocycles. The van der Waals surface area contributed by atoms with E-state index >= 15 is 0 Å². The summed E-state index contributed by atoms with van der Waals surface area (Å²) in [6.45, 7) is 0.888. The first-order chi connectivity index (χ1) is 9.31. The smallest absolute Gasteiger partial charge is 0.183 e. The van der Waals surface area contributed by atoms with Crippen LogP contribution < -0.4 is 11.1 Å². The van der Waals surface area contributed by atoms with Gasteiger partial charge in [-0.15, -0.1) is 0 Å². The number of anilines is 2. The maximum atomic E-state index is 5.77. The highest BCUT2D eigenvalue weighted by molar-refractivity contribution is 7.22. The fraction of sp³-hybridized carbons (Fsp3) is 0.133. The van der Waals surface area contributed by atoms with Crippen molar-refractivity contribution in [2.45, 2.75) is 6.42 Å². The Balaban J connectivity index is 1.65. The fourth-order valence-corrected chi connectivity index (χ4v) is 2.92. The van der Waals surface area contributed by atoms with Crippen LogP contribution >= 0.6 is 11.3 Å². The number of nitrogen functional groups attached to an aromatic ring is 1. The molecule has 0 saturated heterocycles. The van der Waals surface area contributed by atoms with Crippen molar-refractivity contribution in [3.05, 3.63) is 54.1 Å². The minimum absolute atomic E-state index is 0.784. The van der Waals surface area contributed by atoms with Crippen molar-refractivity contribution in [3.63, 3.8) is 0 Å². The van der Waals surface area contributed by atoms with Crippen LogP contribution in [0.3, 0.4) is 0 Å². The number of thiazole rings is 1. The van der Waals surface area contributed by atoms with E-state index < -0.39 is 0 Å². The van der Waals surface area contributed by atoms with Gasteiger partial charge in [0.2, 0.25) is 0 Å². The Morgan fingerprint density at radius 2 is 1.95 bits per heavy atom. The third-order valence-electron chi connectivity index (χ3n) is 2.95. The van der Waals surface area contributed by atoms with Crippen molar-refractivity contribution in [3.8, 4) is 0 Å². The second-order valence-corrected chi connectivity index (χ2v) is 5.44. The van der Waals surface area contributed by atoms with Gasteiger partial charge in [0.1, 0.15) is 0 Å². The zero-order chi connectivity index (χ0) is 13.1. The summed E-state index contributed by atoms with van der Waals surface area (Å²) in [6.07, 6.45) is 0.999. The van der Waals surface area contributed by atoms with Gasteiger partial charge in [-0.3, -0.25) is 0 Å². The number of hydrogen-bond acceptors (Lipinski definition) is 4. The lowest BCUT2D eigenvalue weighted by molar-refractivity contribution is 1.02. The third-order valence-corrected chi connectivity index (χ3v) is 3.92. The summed E-state index contributed by atoms with van der Waals surface area (Å²) in [5, 5.41) is 4.32. The summed E-state index contributed by atoms with van der Waals surface area (Å²) in [5.41, 5.74) is 8.89. The van der Waals surface area contributed by atoms with E-state index in [1.54, 1.807) is 11.3 Å². The van der Waals surface area contributed by atoms with E-state index in [9.17, 15) is 0 Å². The number of nitrogens with zero attached hydrogens (tertiary/aromatic N) is 1. The molecule has 3 nitrogen and oxygen atoms in total. The number of fused-ring (bicyclic) bond motifs is 1. The molecule has 0 aliphatic carbocycles. The molecule has 96 valence electrons. The second kappa shape index (κ2) is 5.28. The molecule has 4 heteroatoms. The van der Waals surface area contributed by atoms with Crippen LogP contribution in [0, 0.1) is 0 Å². The molecular formula is C15H15N3S. The van der Waals surface area contributed by atoms with E-state index in [2.05, 4.69) is 34.6 Å². The number of benzene rings is 2. The summed E-state index contributed by atoms with van der Waals surface area (Å²) in [5.74, 6) is 0. The van der Waals surface area contributed by atoms with Gasteiger partial charge in [0, 0.05) is 12.2 Å². The van der Waals surface area contributed by atoms with Gasteiger partial charge < -0.3 is 11.1 Å². The van der Waals surface area contributed by atoms with Gasteiger partial charge in [-0.2, -0.15) is 0 Å². The van der Waals surface area contributed by atoms with Crippen LogP contribution in [0.4, 0.5) is 10.8 Å². The average molecular weight is 269 g/mol. The van der Waals surface area contributed by atoms with E-state index in [1.165, 1.54) is 5.56 Å². The van der Waals surface area contributed by atoms with E-state index in [4.69, 9.17) is 5.73 Å². The highest BCUT2D eigenvalue weighted by Gasteiger charge is 2.03. The summed E-state index contributed by atoms with van der Waals surface area (Å²) < 4.78 is 1.13. The fourth-order valence-electron chi connectivity index (χ4n) is 1.98. The van der Waals surface area contributed by atoms with Crippen molar-refractivity contribution in [1.82, 2.24) is 4.98 Å². The normalized spacial score (nSPS) is 10.7. The number of aromatic nitrogens is 1. The van der Waals surface area contributed by atoms with Gasteiger partial charge in [0.25, 0.3) is 0 Å². The molecule has 0 amide bonds. The van der Waals surface area contributed by atoms with Gasteiger partial charge in [-0.1, -0.05) is 41.7 Å². The Kier molecular flexibility index (Phi) is 3.33. The van der Waals surface area contributed by atoms with Crippen molar-refractivity contribution in [2.24, 2.45) is 0 Å². The Morgan fingerprint density at radius 1 is 1.11 bits per heavy atom. The Labute approximate surface area is 116 Å². The van der Waals surface area contributed by atoms with Crippen LogP contribution in [-0.2, 0) is 6.42 Å². The first-order valence-corrected chi connectivity index (χ1v) is 7.07. The third kappa shape index (κ3) is 2.85. The molecule has 0 spiro atoms. The Hall–Kier alpha value is -2.07. The number of rotatable bonds is 4. The Morgan fingerprint density at radius 3 is 2.79 bits per heavy atom. The van der Waals surface area contributed by atoms with Gasteiger partial charge >= 0.3 is 0 Å². The summed E-state index contributed by atoms with van der Waals surface area (Å²) in [6, 6.07) is 16.3. The molecule has 0 unspecified atom stereocenters. The molecule has 0 aliphatic heterocycles. The van der Waals surface area contributed by atoms with Crippen LogP contribution in [0.5, 0.6) is 0 Å². The van der Waals surface area contributed by atoms with Gasteiger partial charge in [0.15, 0.2) is 5.13 Å². The summed E-state index contributed by atoms with van der Waals surface area (Å²) in [7, 11) is 0. The molecule has 0 atom stereocenters. The highest BCUT2D eigenvalue weighted by Crippen LogP contribution is 2.27. The maximum Gasteiger partial charge on any atom is 0.183 e. The standard InChI is InChI=1S/C15H15N3S/c16-12-6-7-13-14(10-12)19-15(18-13)17-9-8-11-4-2-1-3-5-11/h1-7,10H,8-9,16H2,(H,17,18). The van der Waals surface area contributed by atoms with E-state index in [0.717, 1.165) is 34.0 Å². The molecule has 0 fully saturated rings. The molecule has 0 saturated carbocycles. The molecule has 3 rings (SSSR count). The quantitative estimate of drug-likeness (QED) is 0.712. The van der Waals surface area contributed by atoms with Gasteiger partial charge in [0.05, 0.1) is 10.2 Å². The maximum absolute atomic E-state index is 5.77. The first kappa shape index (κ1) is 12.0. The zero-order valence-electron chi connectivity index (χ0n) is 10.5. The van der Waals surface area contributed by atoms with Crippen LogP contribution in [0.15, 0.2) is 48.5 Å². The number of hydrogen-bond donors (Lipinski definition) is 2. The van der Waals surface area contributed by atoms with Crippen LogP contribution in [0.25, 0.3) is 10.2 Å². The largest absolute Gasteiger partial charge is 0.399 e. The SMILES string of the molecule is Nc1ccc2nc(NCCc3ccccc3)sc2c1. The van der Waals surface area contributed by atoms with Crippen LogP contribution in [-0.4, -0.2) is 11.5 Å². The van der Waals surface area contributed by atoms with Crippen LogP contribution in [0.2, 0.25) is 0 Å². The molecule has 2 aromatic carbocycles. The Bertz CT molecular complexity index is 676. The summed E-state index contributed by atoms with van der Waals surface area (Å²) in [4.78, 5) is 4.54. The minimum Gasteiger partial charge on any atom is -0.399 e. The van der Waals surface area contributed by atoms with E-state index in [-0.39, 0.29) is 0 Å². The molecule has 0 aliphatic rings. The average Bonchev–Trinajstić information content (AvgIpc) is 2.82. The van der Waals surface area contributed by atoms with E-state index in [1.807, 2.05) is 24.3 Å². The molecule has 3 N–H and O–H groups in total. The minimum atomic E-state index is 0.784. The second-order valence-electron chi connectivity index (χ2n) is 4.41. The topological polar surface area (TPSA) is 50.9 Å². The number of nitrogens with two attached hydrogens (primary N) is 1. The lowest BCUT2D eigenvalue weighted by Crippen LogP contribution is -2.04. The van der Waals surface area contributed by atoms with Crippen molar-refractivity contribution >= 4 is 32.4 Å². The first-order valence-electron chi connectivity index (χ1n) is 6.25. The van der Waals surface area contributed by atoms with Gasteiger partial charge in [-0.05, 0) is 30.2 Å². The lowest BCUT2D eigenvalue weighted by atomic mass is 10.2. The molecule has 0 bridgehead atoms. The molecule has 0 radical (unpaired) electrons. The summed E-state index contributed by atoms with van der Waals surface area (Å²) >= 11 is 1.64. The van der Waals surface area contributed by atoms with Crippen LogP contribution in [0.1, 0.15) is 5.56 Å². The van der Waals surface area contributed by atoms with Crippen molar-refractivity contribution in [2.75, 3.05) is 17.6 Å². The van der Waals surface area contributed by atoms with E-state index in [0.29, 0.717) is 0 Å². The number of nitrogens with one attached hydrogen (secondary N) is 1. The molecule has 1 heterocycles. The monoisotopic (exact) mass is 269 g/mol. The van der Waals surface area contributed by atoms with Crippen molar-refractivity contribution < 1.29 is 0 Å². The highest BCUT2D eigenvalue weighted by atomic mass is 32.1. The predicted molar refractivity (Wildman–Crippen MR) is 82.7 cm³/mol. The molecule has 3 aromatic rings. The lowest BCUT2D eigenvalue weighted by Gasteiger charge is -2.02.